The van der Waals surface area contributed by atoms with Gasteiger partial charge in [-0.05, 0) is 60.4 Å². The minimum absolute atomic E-state index is 1.12. The van der Waals surface area contributed by atoms with Gasteiger partial charge >= 0.3 is 0 Å². The molecule has 0 nitrogen and oxygen atoms in total. The van der Waals surface area contributed by atoms with Crippen molar-refractivity contribution in [1.29, 1.82) is 0 Å². The molecule has 2 aromatic rings. The standard InChI is InChI=1S/C17H17Br/c18-17-12-15-9-8-14-6-4-13(5-7-14)2-1-3-16(17)11-10-15/h4-7,10-12H,1-3,8-9H2. The number of benzene rings is 2. The van der Waals surface area contributed by atoms with Crippen molar-refractivity contribution in [2.45, 2.75) is 32.1 Å². The van der Waals surface area contributed by atoms with Crippen LogP contribution in [0.3, 0.4) is 0 Å². The molecule has 4 bridgehead atoms. The molecule has 0 radical (unpaired) electrons. The summed E-state index contributed by atoms with van der Waals surface area (Å²) in [6, 6.07) is 16.0. The van der Waals surface area contributed by atoms with Crippen molar-refractivity contribution >= 4 is 15.9 Å². The Hall–Kier alpha value is -1.08. The normalized spacial score (nSPS) is 14.9. The monoisotopic (exact) mass is 300 g/mol. The number of rotatable bonds is 0. The Bertz CT molecular complexity index is 540. The van der Waals surface area contributed by atoms with Crippen LogP contribution >= 0.6 is 15.9 Å². The highest BCUT2D eigenvalue weighted by atomic mass is 79.9. The van der Waals surface area contributed by atoms with E-state index in [0.29, 0.717) is 0 Å². The fraction of sp³-hybridized carbons (Fsp3) is 0.294. The molecule has 6 rings (SSSR count). The third kappa shape index (κ3) is 2.67. The van der Waals surface area contributed by atoms with E-state index >= 15 is 0 Å². The van der Waals surface area contributed by atoms with E-state index < -0.39 is 0 Å². The second kappa shape index (κ2) is 5.27. The Morgan fingerprint density at radius 1 is 0.667 bits per heavy atom. The van der Waals surface area contributed by atoms with Crippen molar-refractivity contribution in [2.24, 2.45) is 0 Å². The number of hydrogen-bond donors (Lipinski definition) is 0. The average Bonchev–Trinajstić information content (AvgIpc) is 2.43. The summed E-state index contributed by atoms with van der Waals surface area (Å²) in [5.74, 6) is 0. The van der Waals surface area contributed by atoms with Gasteiger partial charge in [0.15, 0.2) is 0 Å². The lowest BCUT2D eigenvalue weighted by molar-refractivity contribution is 0.818. The van der Waals surface area contributed by atoms with E-state index in [1.165, 1.54) is 39.6 Å². The number of hydrogen-bond acceptors (Lipinski definition) is 0. The van der Waals surface area contributed by atoms with E-state index in [-0.39, 0.29) is 0 Å². The summed E-state index contributed by atoms with van der Waals surface area (Å²) in [5, 5.41) is 0. The zero-order chi connectivity index (χ0) is 12.4. The van der Waals surface area contributed by atoms with Gasteiger partial charge in [0, 0.05) is 4.47 Å². The van der Waals surface area contributed by atoms with Crippen molar-refractivity contribution < 1.29 is 0 Å². The van der Waals surface area contributed by atoms with Crippen LogP contribution in [-0.4, -0.2) is 0 Å². The van der Waals surface area contributed by atoms with Crippen LogP contribution in [0, 0.1) is 0 Å². The molecule has 1 heteroatoms. The molecule has 18 heavy (non-hydrogen) atoms. The van der Waals surface area contributed by atoms with Gasteiger partial charge in [-0.15, -0.1) is 0 Å². The average molecular weight is 301 g/mol. The van der Waals surface area contributed by atoms with Gasteiger partial charge in [0.25, 0.3) is 0 Å². The fourth-order valence-corrected chi connectivity index (χ4v) is 3.22. The molecule has 4 aliphatic carbocycles. The zero-order valence-corrected chi connectivity index (χ0v) is 12.0. The second-order valence-electron chi connectivity index (χ2n) is 5.10. The first-order valence-corrected chi connectivity index (χ1v) is 7.46. The molecule has 0 saturated heterocycles. The van der Waals surface area contributed by atoms with Crippen LogP contribution in [0.1, 0.15) is 28.7 Å². The molecule has 2 aromatic carbocycles. The molecule has 0 saturated carbocycles. The lowest BCUT2D eigenvalue weighted by Crippen LogP contribution is -1.93. The lowest BCUT2D eigenvalue weighted by atomic mass is 10.0. The fourth-order valence-electron chi connectivity index (χ4n) is 2.59. The SMILES string of the molecule is Brc1cc2ccc1CCCc1ccc(cc1)CC2. The first-order chi connectivity index (χ1) is 8.81. The predicted octanol–water partition coefficient (Wildman–Crippen LogP) is 4.72. The van der Waals surface area contributed by atoms with Gasteiger partial charge in [-0.25, -0.2) is 0 Å². The van der Waals surface area contributed by atoms with Crippen molar-refractivity contribution in [3.8, 4) is 0 Å². The summed E-state index contributed by atoms with van der Waals surface area (Å²) in [6.45, 7) is 0. The highest BCUT2D eigenvalue weighted by Crippen LogP contribution is 2.22. The molecule has 92 valence electrons. The van der Waals surface area contributed by atoms with E-state index in [4.69, 9.17) is 0 Å². The van der Waals surface area contributed by atoms with E-state index in [1.54, 1.807) is 0 Å². The summed E-state index contributed by atoms with van der Waals surface area (Å²) in [4.78, 5) is 0. The molecule has 0 heterocycles. The van der Waals surface area contributed by atoms with Crippen molar-refractivity contribution in [2.75, 3.05) is 0 Å². The lowest BCUT2D eigenvalue weighted by Gasteiger charge is -2.06. The van der Waals surface area contributed by atoms with Crippen LogP contribution in [0.15, 0.2) is 46.9 Å². The van der Waals surface area contributed by atoms with Crippen molar-refractivity contribution in [3.05, 3.63) is 69.2 Å². The van der Waals surface area contributed by atoms with Gasteiger partial charge < -0.3 is 0 Å². The molecule has 0 spiro atoms. The molecule has 0 aromatic heterocycles. The minimum atomic E-state index is 1.12. The Balaban J connectivity index is 1.94. The Kier molecular flexibility index (Phi) is 3.51. The van der Waals surface area contributed by atoms with Gasteiger partial charge in [-0.2, -0.15) is 0 Å². The van der Waals surface area contributed by atoms with E-state index in [1.807, 2.05) is 0 Å². The van der Waals surface area contributed by atoms with E-state index in [9.17, 15) is 0 Å². The summed E-state index contributed by atoms with van der Waals surface area (Å²) in [5.41, 5.74) is 5.77. The van der Waals surface area contributed by atoms with Crippen LogP contribution in [0.5, 0.6) is 0 Å². The quantitative estimate of drug-likeness (QED) is 0.660. The Morgan fingerprint density at radius 2 is 1.28 bits per heavy atom. The maximum absolute atomic E-state index is 3.71. The maximum atomic E-state index is 3.71. The largest absolute Gasteiger partial charge is 0.0588 e. The van der Waals surface area contributed by atoms with Gasteiger partial charge in [-0.3, -0.25) is 0 Å². The molecule has 0 atom stereocenters. The van der Waals surface area contributed by atoms with Gasteiger partial charge in [-0.1, -0.05) is 52.3 Å². The van der Waals surface area contributed by atoms with Crippen molar-refractivity contribution in [3.63, 3.8) is 0 Å². The molecule has 0 fully saturated rings. The first-order valence-electron chi connectivity index (χ1n) is 6.66. The second-order valence-corrected chi connectivity index (χ2v) is 5.95. The summed E-state index contributed by atoms with van der Waals surface area (Å²) in [6.07, 6.45) is 5.80. The molecule has 0 N–H and O–H groups in total. The Morgan fingerprint density at radius 3 is 2.00 bits per heavy atom. The minimum Gasteiger partial charge on any atom is -0.0588 e. The summed E-state index contributed by atoms with van der Waals surface area (Å²) >= 11 is 3.71. The summed E-state index contributed by atoms with van der Waals surface area (Å²) in [7, 11) is 0. The molecule has 0 aliphatic heterocycles. The van der Waals surface area contributed by atoms with Crippen LogP contribution in [0.2, 0.25) is 0 Å². The van der Waals surface area contributed by atoms with Crippen molar-refractivity contribution in [1.82, 2.24) is 0 Å². The molecular weight excluding hydrogens is 284 g/mol. The summed E-state index contributed by atoms with van der Waals surface area (Å²) < 4.78 is 1.28. The van der Waals surface area contributed by atoms with Crippen LogP contribution < -0.4 is 0 Å². The van der Waals surface area contributed by atoms with Crippen LogP contribution in [0.25, 0.3) is 0 Å². The van der Waals surface area contributed by atoms with Gasteiger partial charge in [0.2, 0.25) is 0 Å². The smallest absolute Gasteiger partial charge is 0.0210 e. The van der Waals surface area contributed by atoms with Gasteiger partial charge in [0.1, 0.15) is 0 Å². The third-order valence-electron chi connectivity index (χ3n) is 3.75. The molecule has 0 amide bonds. The highest BCUT2D eigenvalue weighted by molar-refractivity contribution is 9.10. The number of aryl methyl sites for hydroxylation is 4. The third-order valence-corrected chi connectivity index (χ3v) is 4.49. The predicted molar refractivity (Wildman–Crippen MR) is 80.0 cm³/mol. The van der Waals surface area contributed by atoms with E-state index in [2.05, 4.69) is 58.4 Å². The van der Waals surface area contributed by atoms with Crippen LogP contribution in [-0.2, 0) is 25.7 Å². The molecule has 0 unspecified atom stereocenters. The Labute approximate surface area is 117 Å². The molecule has 4 aliphatic rings. The topological polar surface area (TPSA) is 0 Å². The van der Waals surface area contributed by atoms with E-state index in [0.717, 1.165) is 19.3 Å². The maximum Gasteiger partial charge on any atom is 0.0210 e. The zero-order valence-electron chi connectivity index (χ0n) is 10.5. The van der Waals surface area contributed by atoms with Crippen LogP contribution in [0.4, 0.5) is 0 Å². The first kappa shape index (κ1) is 12.0. The highest BCUT2D eigenvalue weighted by Gasteiger charge is 2.05. The van der Waals surface area contributed by atoms with Gasteiger partial charge in [0.05, 0.1) is 0 Å². The number of halogens is 1. The molecular formula is C17H17Br.